The molecule has 0 aliphatic carbocycles. The van der Waals surface area contributed by atoms with E-state index in [0.717, 1.165) is 15.8 Å². The molecule has 4 nitrogen and oxygen atoms in total. The van der Waals surface area contributed by atoms with Crippen LogP contribution in [0.15, 0.2) is 47.6 Å². The van der Waals surface area contributed by atoms with E-state index in [9.17, 15) is 0 Å². The van der Waals surface area contributed by atoms with Crippen LogP contribution in [0.3, 0.4) is 0 Å². The second-order valence-electron chi connectivity index (χ2n) is 4.51. The van der Waals surface area contributed by atoms with Gasteiger partial charge in [0.05, 0.1) is 16.4 Å². The summed E-state index contributed by atoms with van der Waals surface area (Å²) in [6, 6.07) is 12.9. The summed E-state index contributed by atoms with van der Waals surface area (Å²) in [4.78, 5) is 4.42. The number of hydrazone groups is 1. The van der Waals surface area contributed by atoms with Crippen molar-refractivity contribution in [3.63, 3.8) is 0 Å². The van der Waals surface area contributed by atoms with Gasteiger partial charge in [0.15, 0.2) is 10.2 Å². The summed E-state index contributed by atoms with van der Waals surface area (Å²) in [5.41, 5.74) is 4.53. The topological polar surface area (TPSA) is 49.3 Å². The third-order valence-corrected chi connectivity index (χ3v) is 4.43. The zero-order valence-electron chi connectivity index (χ0n) is 11.6. The Hall–Kier alpha value is -1.73. The largest absolute Gasteiger partial charge is 0.307 e. The van der Waals surface area contributed by atoms with Crippen molar-refractivity contribution in [3.05, 3.63) is 58.1 Å². The maximum atomic E-state index is 5.96. The summed E-state index contributed by atoms with van der Waals surface area (Å²) in [6.45, 7) is 0. The minimum absolute atomic E-state index is 0.361. The molecule has 1 heterocycles. The molecule has 0 unspecified atom stereocenters. The van der Waals surface area contributed by atoms with E-state index in [0.29, 0.717) is 20.3 Å². The molecule has 0 aliphatic heterocycles. The van der Waals surface area contributed by atoms with Crippen molar-refractivity contribution >= 4 is 73.4 Å². The van der Waals surface area contributed by atoms with Crippen LogP contribution in [0, 0.1) is 0 Å². The van der Waals surface area contributed by atoms with Crippen molar-refractivity contribution < 1.29 is 0 Å². The highest BCUT2D eigenvalue weighted by Gasteiger charge is 2.05. The number of thiazole rings is 1. The molecule has 3 aromatic rings. The molecule has 0 radical (unpaired) electrons. The smallest absolute Gasteiger partial charge is 0.193 e. The molecule has 0 saturated heterocycles. The zero-order valence-corrected chi connectivity index (χ0v) is 14.7. The van der Waals surface area contributed by atoms with Crippen molar-refractivity contribution in [3.8, 4) is 0 Å². The Morgan fingerprint density at radius 1 is 1.13 bits per heavy atom. The van der Waals surface area contributed by atoms with Gasteiger partial charge in [-0.25, -0.2) is 4.98 Å². The average Bonchev–Trinajstić information content (AvgIpc) is 2.90. The SMILES string of the molecule is S=C(N/N=C/c1ccc(Cl)cc1)Nc1nc2ccc(Cl)cc2s1. The van der Waals surface area contributed by atoms with E-state index in [1.165, 1.54) is 11.3 Å². The number of hydrogen-bond acceptors (Lipinski definition) is 4. The number of anilines is 1. The van der Waals surface area contributed by atoms with E-state index in [4.69, 9.17) is 35.4 Å². The Morgan fingerprint density at radius 2 is 1.87 bits per heavy atom. The lowest BCUT2D eigenvalue weighted by Gasteiger charge is -2.02. The number of benzene rings is 2. The molecular formula is C15H10Cl2N4S2. The van der Waals surface area contributed by atoms with Gasteiger partial charge in [0.2, 0.25) is 0 Å². The fourth-order valence-electron chi connectivity index (χ4n) is 1.79. The van der Waals surface area contributed by atoms with E-state index in [2.05, 4.69) is 20.8 Å². The first-order valence-electron chi connectivity index (χ1n) is 6.52. The molecule has 0 fully saturated rings. The molecular weight excluding hydrogens is 371 g/mol. The molecule has 0 spiro atoms. The standard InChI is InChI=1S/C15H10Cl2N4S2/c16-10-3-1-9(2-4-10)8-18-21-14(22)20-15-19-12-6-5-11(17)7-13(12)23-15/h1-8H,(H2,19,20,21,22)/b18-8+. The minimum atomic E-state index is 0.361. The van der Waals surface area contributed by atoms with Crippen LogP contribution in [0.1, 0.15) is 5.56 Å². The normalized spacial score (nSPS) is 11.0. The third-order valence-electron chi connectivity index (χ3n) is 2.82. The van der Waals surface area contributed by atoms with E-state index < -0.39 is 0 Å². The molecule has 1 aromatic heterocycles. The van der Waals surface area contributed by atoms with Gasteiger partial charge in [0.25, 0.3) is 0 Å². The second-order valence-corrected chi connectivity index (χ2v) is 6.82. The maximum absolute atomic E-state index is 5.96. The predicted octanol–water partition coefficient (Wildman–Crippen LogP) is 4.92. The first-order chi connectivity index (χ1) is 11.1. The van der Waals surface area contributed by atoms with Crippen LogP contribution in [-0.4, -0.2) is 16.3 Å². The van der Waals surface area contributed by atoms with E-state index in [1.54, 1.807) is 24.4 Å². The second kappa shape index (κ2) is 7.23. The number of rotatable bonds is 3. The van der Waals surface area contributed by atoms with Crippen molar-refractivity contribution in [1.82, 2.24) is 10.4 Å². The quantitative estimate of drug-likeness (QED) is 0.384. The minimum Gasteiger partial charge on any atom is -0.307 e. The molecule has 2 aromatic carbocycles. The first-order valence-corrected chi connectivity index (χ1v) is 8.50. The molecule has 2 N–H and O–H groups in total. The first kappa shape index (κ1) is 16.1. The van der Waals surface area contributed by atoms with E-state index >= 15 is 0 Å². The van der Waals surface area contributed by atoms with Crippen LogP contribution in [0.5, 0.6) is 0 Å². The number of aromatic nitrogens is 1. The number of hydrogen-bond donors (Lipinski definition) is 2. The van der Waals surface area contributed by atoms with Gasteiger partial charge in [-0.3, -0.25) is 5.43 Å². The molecule has 0 saturated carbocycles. The van der Waals surface area contributed by atoms with Gasteiger partial charge in [-0.15, -0.1) is 0 Å². The highest BCUT2D eigenvalue weighted by molar-refractivity contribution is 7.80. The Balaban J connectivity index is 1.60. The summed E-state index contributed by atoms with van der Waals surface area (Å²) in [7, 11) is 0. The molecule has 0 amide bonds. The molecule has 0 aliphatic rings. The van der Waals surface area contributed by atoms with Crippen LogP contribution in [0.25, 0.3) is 10.2 Å². The van der Waals surface area contributed by atoms with E-state index in [1.807, 2.05) is 24.3 Å². The van der Waals surface area contributed by atoms with E-state index in [-0.39, 0.29) is 0 Å². The fraction of sp³-hybridized carbons (Fsp3) is 0. The monoisotopic (exact) mass is 380 g/mol. The number of nitrogens with zero attached hydrogens (tertiary/aromatic N) is 2. The summed E-state index contributed by atoms with van der Waals surface area (Å²) >= 11 is 18.4. The van der Waals surface area contributed by atoms with Gasteiger partial charge in [0.1, 0.15) is 0 Å². The van der Waals surface area contributed by atoms with Crippen molar-refractivity contribution in [2.75, 3.05) is 5.32 Å². The van der Waals surface area contributed by atoms with Crippen LogP contribution < -0.4 is 10.7 Å². The summed E-state index contributed by atoms with van der Waals surface area (Å²) in [5, 5.41) is 9.47. The fourth-order valence-corrected chi connectivity index (χ4v) is 3.28. The van der Waals surface area contributed by atoms with Crippen molar-refractivity contribution in [2.24, 2.45) is 5.10 Å². The van der Waals surface area contributed by atoms with Gasteiger partial charge in [-0.05, 0) is 48.1 Å². The Labute approximate surface area is 152 Å². The lowest BCUT2D eigenvalue weighted by molar-refractivity contribution is 1.05. The number of thiocarbonyl (C=S) groups is 1. The highest BCUT2D eigenvalue weighted by Crippen LogP contribution is 2.28. The van der Waals surface area contributed by atoms with Gasteiger partial charge < -0.3 is 5.32 Å². The average molecular weight is 381 g/mol. The molecule has 23 heavy (non-hydrogen) atoms. The Kier molecular flexibility index (Phi) is 5.07. The van der Waals surface area contributed by atoms with Crippen LogP contribution in [0.4, 0.5) is 5.13 Å². The van der Waals surface area contributed by atoms with Gasteiger partial charge in [0, 0.05) is 10.0 Å². The Morgan fingerprint density at radius 3 is 2.65 bits per heavy atom. The molecule has 3 rings (SSSR count). The summed E-state index contributed by atoms with van der Waals surface area (Å²) in [6.07, 6.45) is 1.66. The van der Waals surface area contributed by atoms with Gasteiger partial charge in [-0.1, -0.05) is 46.7 Å². The highest BCUT2D eigenvalue weighted by atomic mass is 35.5. The molecule has 8 heteroatoms. The third kappa shape index (κ3) is 4.39. The molecule has 0 atom stereocenters. The number of halogens is 2. The van der Waals surface area contributed by atoms with Crippen molar-refractivity contribution in [2.45, 2.75) is 0 Å². The molecule has 0 bridgehead atoms. The van der Waals surface area contributed by atoms with Crippen molar-refractivity contribution in [1.29, 1.82) is 0 Å². The number of fused-ring (bicyclic) bond motifs is 1. The zero-order chi connectivity index (χ0) is 16.2. The van der Waals surface area contributed by atoms with Crippen LogP contribution in [-0.2, 0) is 0 Å². The maximum Gasteiger partial charge on any atom is 0.193 e. The van der Waals surface area contributed by atoms with Gasteiger partial charge >= 0.3 is 0 Å². The lowest BCUT2D eigenvalue weighted by Crippen LogP contribution is -2.23. The molecule has 116 valence electrons. The Bertz CT molecular complexity index is 875. The van der Waals surface area contributed by atoms with Crippen LogP contribution >= 0.6 is 46.8 Å². The van der Waals surface area contributed by atoms with Crippen LogP contribution in [0.2, 0.25) is 10.0 Å². The summed E-state index contributed by atoms with van der Waals surface area (Å²) in [5.74, 6) is 0. The van der Waals surface area contributed by atoms with Gasteiger partial charge in [-0.2, -0.15) is 5.10 Å². The summed E-state index contributed by atoms with van der Waals surface area (Å²) < 4.78 is 0.993. The lowest BCUT2D eigenvalue weighted by atomic mass is 10.2. The predicted molar refractivity (Wildman–Crippen MR) is 103 cm³/mol. The number of nitrogens with one attached hydrogen (secondary N) is 2.